The topological polar surface area (TPSA) is 94.3 Å². The number of rotatable bonds is 7. The van der Waals surface area contributed by atoms with Crippen LogP contribution in [0.4, 0.5) is 0 Å². The van der Waals surface area contributed by atoms with Gasteiger partial charge in [-0.05, 0) is 62.2 Å². The standard InChI is InChI=1S/C22H30N2O6/c1-15-13-17(8-12-27-15)22(26)29-14-24-9-5-16(6-10-24)7-11-28-21-20-18(25)3-2-4-19(20)30-23-21/h2-4,15-17,25H,5-14H2,1H3. The van der Waals surface area contributed by atoms with Crippen molar-refractivity contribution < 1.29 is 28.6 Å². The van der Waals surface area contributed by atoms with E-state index in [1.165, 1.54) is 0 Å². The number of hydrogen-bond acceptors (Lipinski definition) is 8. The fourth-order valence-corrected chi connectivity index (χ4v) is 4.26. The predicted octanol–water partition coefficient (Wildman–Crippen LogP) is 3.33. The number of aromatic nitrogens is 1. The number of likely N-dealkylation sites (tertiary alicyclic amines) is 1. The van der Waals surface area contributed by atoms with Crippen LogP contribution in [0, 0.1) is 11.8 Å². The van der Waals surface area contributed by atoms with E-state index < -0.39 is 0 Å². The van der Waals surface area contributed by atoms with Crippen molar-refractivity contribution in [3.63, 3.8) is 0 Å². The number of carbonyl (C=O) groups excluding carboxylic acids is 1. The van der Waals surface area contributed by atoms with E-state index in [1.807, 2.05) is 6.92 Å². The molecule has 4 rings (SSSR count). The Bertz CT molecular complexity index is 845. The SMILES string of the molecule is CC1CC(C(=O)OCN2CCC(CCOc3noc4cccc(O)c34)CC2)CCO1. The van der Waals surface area contributed by atoms with Crippen molar-refractivity contribution >= 4 is 16.9 Å². The third-order valence-electron chi connectivity index (χ3n) is 6.12. The number of nitrogens with zero attached hydrogens (tertiary/aromatic N) is 2. The van der Waals surface area contributed by atoms with Crippen LogP contribution in [0.2, 0.25) is 0 Å². The lowest BCUT2D eigenvalue weighted by molar-refractivity contribution is -0.158. The molecule has 2 fully saturated rings. The van der Waals surface area contributed by atoms with E-state index in [0.29, 0.717) is 42.7 Å². The highest BCUT2D eigenvalue weighted by Crippen LogP contribution is 2.33. The van der Waals surface area contributed by atoms with Crippen molar-refractivity contribution in [3.8, 4) is 11.6 Å². The van der Waals surface area contributed by atoms with Crippen molar-refractivity contribution in [2.45, 2.75) is 45.1 Å². The van der Waals surface area contributed by atoms with Gasteiger partial charge in [0.15, 0.2) is 5.58 Å². The molecule has 0 aliphatic carbocycles. The van der Waals surface area contributed by atoms with Crippen LogP contribution in [0.1, 0.15) is 39.0 Å². The van der Waals surface area contributed by atoms with Gasteiger partial charge in [0.2, 0.25) is 0 Å². The van der Waals surface area contributed by atoms with Gasteiger partial charge in [-0.15, -0.1) is 0 Å². The molecule has 2 atom stereocenters. The Morgan fingerprint density at radius 1 is 1.30 bits per heavy atom. The number of esters is 1. The Morgan fingerprint density at radius 3 is 2.93 bits per heavy atom. The minimum absolute atomic E-state index is 0.0320. The first-order valence-corrected chi connectivity index (χ1v) is 10.8. The van der Waals surface area contributed by atoms with Crippen LogP contribution in [-0.4, -0.2) is 60.3 Å². The number of fused-ring (bicyclic) bond motifs is 1. The number of phenolic OH excluding ortho intramolecular Hbond substituents is 1. The molecule has 3 heterocycles. The van der Waals surface area contributed by atoms with Crippen LogP contribution in [0.5, 0.6) is 11.6 Å². The zero-order chi connectivity index (χ0) is 20.9. The van der Waals surface area contributed by atoms with Gasteiger partial charge in [-0.1, -0.05) is 6.07 Å². The zero-order valence-electron chi connectivity index (χ0n) is 17.4. The van der Waals surface area contributed by atoms with Gasteiger partial charge in [-0.2, -0.15) is 0 Å². The van der Waals surface area contributed by atoms with Gasteiger partial charge in [-0.25, -0.2) is 0 Å². The van der Waals surface area contributed by atoms with Gasteiger partial charge < -0.3 is 23.8 Å². The number of hydrogen-bond donors (Lipinski definition) is 1. The molecule has 1 N–H and O–H groups in total. The Hall–Kier alpha value is -2.32. The smallest absolute Gasteiger partial charge is 0.310 e. The maximum atomic E-state index is 12.3. The minimum Gasteiger partial charge on any atom is -0.507 e. The average Bonchev–Trinajstić information content (AvgIpc) is 3.17. The average molecular weight is 418 g/mol. The highest BCUT2D eigenvalue weighted by atomic mass is 16.5. The Balaban J connectivity index is 1.15. The third-order valence-corrected chi connectivity index (χ3v) is 6.12. The van der Waals surface area contributed by atoms with Crippen molar-refractivity contribution in [3.05, 3.63) is 18.2 Å². The van der Waals surface area contributed by atoms with Gasteiger partial charge >= 0.3 is 5.97 Å². The number of piperidine rings is 1. The van der Waals surface area contributed by atoms with E-state index in [9.17, 15) is 9.90 Å². The molecule has 2 unspecified atom stereocenters. The van der Waals surface area contributed by atoms with Crippen LogP contribution in [0.25, 0.3) is 11.0 Å². The summed E-state index contributed by atoms with van der Waals surface area (Å²) in [6, 6.07) is 5.05. The molecule has 0 amide bonds. The van der Waals surface area contributed by atoms with Crippen LogP contribution in [0.15, 0.2) is 22.7 Å². The summed E-state index contributed by atoms with van der Waals surface area (Å²) in [5.74, 6) is 0.885. The van der Waals surface area contributed by atoms with Crippen LogP contribution >= 0.6 is 0 Å². The summed E-state index contributed by atoms with van der Waals surface area (Å²) in [5, 5.41) is 14.4. The van der Waals surface area contributed by atoms with Gasteiger partial charge in [-0.3, -0.25) is 9.69 Å². The lowest BCUT2D eigenvalue weighted by Crippen LogP contribution is -2.38. The van der Waals surface area contributed by atoms with Crippen LogP contribution in [-0.2, 0) is 14.3 Å². The van der Waals surface area contributed by atoms with Crippen molar-refractivity contribution in [1.82, 2.24) is 10.1 Å². The molecule has 30 heavy (non-hydrogen) atoms. The maximum Gasteiger partial charge on any atom is 0.310 e. The largest absolute Gasteiger partial charge is 0.507 e. The molecule has 1 aromatic heterocycles. The first-order valence-electron chi connectivity index (χ1n) is 10.8. The van der Waals surface area contributed by atoms with E-state index in [1.54, 1.807) is 18.2 Å². The highest BCUT2D eigenvalue weighted by Gasteiger charge is 2.28. The van der Waals surface area contributed by atoms with Crippen LogP contribution in [0.3, 0.4) is 0 Å². The molecule has 0 radical (unpaired) electrons. The molecule has 2 aromatic rings. The monoisotopic (exact) mass is 418 g/mol. The predicted molar refractivity (Wildman–Crippen MR) is 109 cm³/mol. The molecule has 2 saturated heterocycles. The van der Waals surface area contributed by atoms with Crippen molar-refractivity contribution in [2.24, 2.45) is 11.8 Å². The molecule has 0 spiro atoms. The fraction of sp³-hybridized carbons (Fsp3) is 0.636. The van der Waals surface area contributed by atoms with E-state index >= 15 is 0 Å². The second kappa shape index (κ2) is 9.66. The quantitative estimate of drug-likeness (QED) is 0.685. The molecular formula is C22H30N2O6. The van der Waals surface area contributed by atoms with Gasteiger partial charge in [0.25, 0.3) is 5.88 Å². The number of phenols is 1. The molecule has 2 aliphatic heterocycles. The number of ether oxygens (including phenoxy) is 3. The first-order chi connectivity index (χ1) is 14.6. The number of benzene rings is 1. The normalized spacial score (nSPS) is 23.5. The fourth-order valence-electron chi connectivity index (χ4n) is 4.26. The molecule has 1 aromatic carbocycles. The summed E-state index contributed by atoms with van der Waals surface area (Å²) in [4.78, 5) is 14.5. The Labute approximate surface area is 176 Å². The van der Waals surface area contributed by atoms with E-state index in [0.717, 1.165) is 45.2 Å². The highest BCUT2D eigenvalue weighted by molar-refractivity contribution is 5.88. The molecule has 0 bridgehead atoms. The lowest BCUT2D eigenvalue weighted by Gasteiger charge is -2.32. The van der Waals surface area contributed by atoms with Crippen molar-refractivity contribution in [1.29, 1.82) is 0 Å². The molecular weight excluding hydrogens is 388 g/mol. The summed E-state index contributed by atoms with van der Waals surface area (Å²) in [6.07, 6.45) is 4.63. The minimum atomic E-state index is -0.0937. The van der Waals surface area contributed by atoms with Crippen LogP contribution < -0.4 is 4.74 Å². The van der Waals surface area contributed by atoms with Gasteiger partial charge in [0, 0.05) is 19.7 Å². The Morgan fingerprint density at radius 2 is 2.13 bits per heavy atom. The molecule has 164 valence electrons. The third kappa shape index (κ3) is 5.05. The van der Waals surface area contributed by atoms with E-state index in [4.69, 9.17) is 18.7 Å². The van der Waals surface area contributed by atoms with Gasteiger partial charge in [0.05, 0.1) is 18.6 Å². The second-order valence-corrected chi connectivity index (χ2v) is 8.33. The van der Waals surface area contributed by atoms with E-state index in [2.05, 4.69) is 10.1 Å². The molecule has 8 nitrogen and oxygen atoms in total. The zero-order valence-corrected chi connectivity index (χ0v) is 17.4. The number of aromatic hydroxyl groups is 1. The summed E-state index contributed by atoms with van der Waals surface area (Å²) in [5.41, 5.74) is 0.517. The summed E-state index contributed by atoms with van der Waals surface area (Å²) < 4.78 is 22.0. The van der Waals surface area contributed by atoms with Gasteiger partial charge in [0.1, 0.15) is 17.9 Å². The van der Waals surface area contributed by atoms with Crippen molar-refractivity contribution in [2.75, 3.05) is 33.0 Å². The second-order valence-electron chi connectivity index (χ2n) is 8.33. The summed E-state index contributed by atoms with van der Waals surface area (Å²) in [7, 11) is 0. The maximum absolute atomic E-state index is 12.3. The lowest BCUT2D eigenvalue weighted by atomic mass is 9.94. The molecule has 0 saturated carbocycles. The van der Waals surface area contributed by atoms with E-state index in [-0.39, 0.29) is 23.7 Å². The summed E-state index contributed by atoms with van der Waals surface area (Å²) >= 11 is 0. The molecule has 2 aliphatic rings. The molecule has 8 heteroatoms. The Kier molecular flexibility index (Phi) is 6.74. The number of carbonyl (C=O) groups is 1. The first kappa shape index (κ1) is 20.9. The summed E-state index contributed by atoms with van der Waals surface area (Å²) in [6.45, 7) is 5.36.